The molecule has 3 aliphatic heterocycles. The van der Waals surface area contributed by atoms with E-state index < -0.39 is 0 Å². The Morgan fingerprint density at radius 3 is 2.47 bits per heavy atom. The lowest BCUT2D eigenvalue weighted by molar-refractivity contribution is -0.136. The molecule has 0 radical (unpaired) electrons. The number of likely N-dealkylation sites (tertiary alicyclic amines) is 3. The number of carbonyl (C=O) groups excluding carboxylic acids is 3. The zero-order valence-corrected chi connectivity index (χ0v) is 18.2. The molecule has 0 aliphatic carbocycles. The average Bonchev–Trinajstić information content (AvgIpc) is 3.27. The smallest absolute Gasteiger partial charge is 0.317 e. The first-order valence-electron chi connectivity index (χ1n) is 11.0. The molecule has 162 valence electrons. The second-order valence-electron chi connectivity index (χ2n) is 8.90. The Morgan fingerprint density at radius 2 is 1.83 bits per heavy atom. The third-order valence-corrected chi connectivity index (χ3v) is 7.50. The standard InChI is InChI=1S/C23H32N4O3/c1-4-27-21(29)19-14-26(17(3)28)15-20(19)23(27)9-11-25(12-10-23)22(30)24-13-18-8-6-5-7-16(18)2/h5-8,19-20H,4,9-15H2,1-3H3,(H,24,30)/t19-,20+/m0/s1. The van der Waals surface area contributed by atoms with Crippen LogP contribution in [0.3, 0.4) is 0 Å². The van der Waals surface area contributed by atoms with Crippen molar-refractivity contribution in [2.45, 2.75) is 45.7 Å². The Morgan fingerprint density at radius 1 is 1.13 bits per heavy atom. The summed E-state index contributed by atoms with van der Waals surface area (Å²) < 4.78 is 0. The van der Waals surface area contributed by atoms with E-state index in [1.165, 1.54) is 5.56 Å². The highest BCUT2D eigenvalue weighted by atomic mass is 16.2. The Hall–Kier alpha value is -2.57. The number of rotatable bonds is 3. The second-order valence-corrected chi connectivity index (χ2v) is 8.90. The van der Waals surface area contributed by atoms with Crippen molar-refractivity contribution >= 4 is 17.8 Å². The molecular formula is C23H32N4O3. The van der Waals surface area contributed by atoms with E-state index in [2.05, 4.69) is 5.32 Å². The van der Waals surface area contributed by atoms with Crippen LogP contribution < -0.4 is 5.32 Å². The molecule has 3 saturated heterocycles. The number of urea groups is 1. The fourth-order valence-corrected chi connectivity index (χ4v) is 5.77. The SMILES string of the molecule is CCN1C(=O)[C@H]2CN(C(C)=O)C[C@H]2C12CCN(C(=O)NCc1ccccc1C)CC2. The van der Waals surface area contributed by atoms with Gasteiger partial charge in [0.2, 0.25) is 11.8 Å². The van der Waals surface area contributed by atoms with Gasteiger partial charge in [-0.2, -0.15) is 0 Å². The van der Waals surface area contributed by atoms with Gasteiger partial charge in [0.15, 0.2) is 0 Å². The van der Waals surface area contributed by atoms with Crippen molar-refractivity contribution in [2.75, 3.05) is 32.7 Å². The number of hydrogen-bond donors (Lipinski definition) is 1. The van der Waals surface area contributed by atoms with Crippen molar-refractivity contribution in [3.63, 3.8) is 0 Å². The third kappa shape index (κ3) is 3.34. The van der Waals surface area contributed by atoms with Gasteiger partial charge in [-0.1, -0.05) is 24.3 Å². The first kappa shape index (κ1) is 20.7. The summed E-state index contributed by atoms with van der Waals surface area (Å²) in [4.78, 5) is 43.4. The molecule has 3 aliphatic rings. The Kier molecular flexibility index (Phi) is 5.47. The zero-order chi connectivity index (χ0) is 21.5. The van der Waals surface area contributed by atoms with Gasteiger partial charge in [0.05, 0.1) is 11.5 Å². The summed E-state index contributed by atoms with van der Waals surface area (Å²) in [6, 6.07) is 8.01. The third-order valence-electron chi connectivity index (χ3n) is 7.50. The molecule has 7 heteroatoms. The van der Waals surface area contributed by atoms with E-state index in [-0.39, 0.29) is 35.2 Å². The normalized spacial score (nSPS) is 25.0. The second kappa shape index (κ2) is 7.93. The number of nitrogens with zero attached hydrogens (tertiary/aromatic N) is 3. The minimum absolute atomic E-state index is 0.0448. The fraction of sp³-hybridized carbons (Fsp3) is 0.609. The van der Waals surface area contributed by atoms with Crippen LogP contribution in [0.4, 0.5) is 4.79 Å². The molecule has 1 aromatic carbocycles. The predicted octanol–water partition coefficient (Wildman–Crippen LogP) is 2.00. The molecule has 0 unspecified atom stereocenters. The molecule has 3 heterocycles. The van der Waals surface area contributed by atoms with E-state index in [1.54, 1.807) is 6.92 Å². The molecule has 0 saturated carbocycles. The van der Waals surface area contributed by atoms with Crippen molar-refractivity contribution in [1.29, 1.82) is 0 Å². The number of fused-ring (bicyclic) bond motifs is 2. The Labute approximate surface area is 178 Å². The molecule has 4 amide bonds. The highest BCUT2D eigenvalue weighted by molar-refractivity contribution is 5.85. The number of piperidine rings is 1. The molecule has 1 N–H and O–H groups in total. The molecule has 0 aromatic heterocycles. The molecule has 1 aromatic rings. The van der Waals surface area contributed by atoms with Gasteiger partial charge in [-0.25, -0.2) is 4.79 Å². The lowest BCUT2D eigenvalue weighted by Gasteiger charge is -2.47. The van der Waals surface area contributed by atoms with Gasteiger partial charge in [0.25, 0.3) is 0 Å². The molecule has 1 spiro atoms. The Balaban J connectivity index is 1.42. The summed E-state index contributed by atoms with van der Waals surface area (Å²) >= 11 is 0. The van der Waals surface area contributed by atoms with Gasteiger partial charge in [0.1, 0.15) is 0 Å². The van der Waals surface area contributed by atoms with Crippen molar-refractivity contribution in [3.8, 4) is 0 Å². The Bertz CT molecular complexity index is 847. The highest BCUT2D eigenvalue weighted by Crippen LogP contribution is 2.49. The van der Waals surface area contributed by atoms with Crippen molar-refractivity contribution in [1.82, 2.24) is 20.0 Å². The molecule has 0 bridgehead atoms. The number of amides is 4. The maximum absolute atomic E-state index is 13.1. The molecule has 4 rings (SSSR count). The van der Waals surface area contributed by atoms with Crippen molar-refractivity contribution < 1.29 is 14.4 Å². The molecule has 30 heavy (non-hydrogen) atoms. The van der Waals surface area contributed by atoms with Gasteiger partial charge in [0, 0.05) is 52.1 Å². The first-order chi connectivity index (χ1) is 14.4. The minimum atomic E-state index is -0.229. The maximum atomic E-state index is 13.1. The van der Waals surface area contributed by atoms with Crippen LogP contribution >= 0.6 is 0 Å². The summed E-state index contributed by atoms with van der Waals surface area (Å²) in [7, 11) is 0. The van der Waals surface area contributed by atoms with Crippen LogP contribution in [0.15, 0.2) is 24.3 Å². The zero-order valence-electron chi connectivity index (χ0n) is 18.2. The summed E-state index contributed by atoms with van der Waals surface area (Å²) in [5, 5.41) is 3.04. The summed E-state index contributed by atoms with van der Waals surface area (Å²) in [5.41, 5.74) is 2.06. The van der Waals surface area contributed by atoms with Crippen molar-refractivity contribution in [3.05, 3.63) is 35.4 Å². The number of hydrogen-bond acceptors (Lipinski definition) is 3. The van der Waals surface area contributed by atoms with Crippen LogP contribution in [0, 0.1) is 18.8 Å². The fourth-order valence-electron chi connectivity index (χ4n) is 5.77. The van der Waals surface area contributed by atoms with Crippen molar-refractivity contribution in [2.24, 2.45) is 11.8 Å². The minimum Gasteiger partial charge on any atom is -0.342 e. The topological polar surface area (TPSA) is 73.0 Å². The number of aryl methyl sites for hydroxylation is 1. The largest absolute Gasteiger partial charge is 0.342 e. The van der Waals surface area contributed by atoms with Crippen LogP contribution in [-0.4, -0.2) is 70.8 Å². The maximum Gasteiger partial charge on any atom is 0.317 e. The van der Waals surface area contributed by atoms with Gasteiger partial charge in [-0.05, 0) is 37.8 Å². The number of carbonyl (C=O) groups is 3. The summed E-state index contributed by atoms with van der Waals surface area (Å²) in [5.74, 6) is 0.313. The number of nitrogens with one attached hydrogen (secondary N) is 1. The van der Waals surface area contributed by atoms with E-state index in [0.717, 1.165) is 18.4 Å². The van der Waals surface area contributed by atoms with Gasteiger partial charge >= 0.3 is 6.03 Å². The predicted molar refractivity (Wildman–Crippen MR) is 114 cm³/mol. The van der Waals surface area contributed by atoms with E-state index in [4.69, 9.17) is 0 Å². The number of benzene rings is 1. The van der Waals surface area contributed by atoms with Crippen LogP contribution in [-0.2, 0) is 16.1 Å². The lowest BCUT2D eigenvalue weighted by atomic mass is 9.75. The lowest BCUT2D eigenvalue weighted by Crippen LogP contribution is -2.58. The molecule has 7 nitrogen and oxygen atoms in total. The summed E-state index contributed by atoms with van der Waals surface area (Å²) in [6.07, 6.45) is 1.55. The van der Waals surface area contributed by atoms with E-state index in [1.807, 2.05) is 52.8 Å². The molecular weight excluding hydrogens is 380 g/mol. The quantitative estimate of drug-likeness (QED) is 0.825. The summed E-state index contributed by atoms with van der Waals surface area (Å²) in [6.45, 7) is 9.32. The van der Waals surface area contributed by atoms with Crippen LogP contribution in [0.2, 0.25) is 0 Å². The monoisotopic (exact) mass is 412 g/mol. The first-order valence-corrected chi connectivity index (χ1v) is 11.0. The van der Waals surface area contributed by atoms with Crippen LogP contribution in [0.1, 0.15) is 37.8 Å². The molecule has 2 atom stereocenters. The molecule has 3 fully saturated rings. The van der Waals surface area contributed by atoms with Crippen LogP contribution in [0.25, 0.3) is 0 Å². The highest BCUT2D eigenvalue weighted by Gasteiger charge is 2.61. The van der Waals surface area contributed by atoms with Gasteiger partial charge in [-0.3, -0.25) is 9.59 Å². The van der Waals surface area contributed by atoms with E-state index >= 15 is 0 Å². The van der Waals surface area contributed by atoms with Gasteiger partial charge in [-0.15, -0.1) is 0 Å². The van der Waals surface area contributed by atoms with Gasteiger partial charge < -0.3 is 20.0 Å². The average molecular weight is 413 g/mol. The van der Waals surface area contributed by atoms with Crippen LogP contribution in [0.5, 0.6) is 0 Å². The van der Waals surface area contributed by atoms with E-state index in [0.29, 0.717) is 39.3 Å². The van der Waals surface area contributed by atoms with E-state index in [9.17, 15) is 14.4 Å².